The third-order valence-electron chi connectivity index (χ3n) is 4.61. The molecule has 3 aromatic rings. The van der Waals surface area contributed by atoms with Crippen molar-refractivity contribution in [3.63, 3.8) is 0 Å². The van der Waals surface area contributed by atoms with Gasteiger partial charge in [0.25, 0.3) is 0 Å². The first-order valence-corrected chi connectivity index (χ1v) is 8.91. The van der Waals surface area contributed by atoms with Gasteiger partial charge in [-0.05, 0) is 62.6 Å². The number of anilines is 2. The SMILES string of the molecule is CC(=O)CC(=O)Nc1ccc(C)c(C)c1CNc1cccn2cc(C)nc12. The predicted molar refractivity (Wildman–Crippen MR) is 107 cm³/mol. The van der Waals surface area contributed by atoms with Crippen LogP contribution >= 0.6 is 0 Å². The Morgan fingerprint density at radius 1 is 1.11 bits per heavy atom. The average Bonchev–Trinajstić information content (AvgIpc) is 2.98. The van der Waals surface area contributed by atoms with E-state index in [1.165, 1.54) is 6.92 Å². The van der Waals surface area contributed by atoms with Crippen LogP contribution in [0.3, 0.4) is 0 Å². The number of ketones is 1. The Kier molecular flexibility index (Phi) is 5.26. The minimum atomic E-state index is -0.294. The first-order chi connectivity index (χ1) is 12.8. The minimum absolute atomic E-state index is 0.119. The van der Waals surface area contributed by atoms with Crippen molar-refractivity contribution >= 4 is 28.7 Å². The van der Waals surface area contributed by atoms with Crippen molar-refractivity contribution in [2.24, 2.45) is 0 Å². The molecule has 0 radical (unpaired) electrons. The van der Waals surface area contributed by atoms with Gasteiger partial charge in [-0.2, -0.15) is 0 Å². The van der Waals surface area contributed by atoms with Crippen LogP contribution in [0.15, 0.2) is 36.7 Å². The molecular formula is C21H24N4O2. The summed E-state index contributed by atoms with van der Waals surface area (Å²) in [5, 5.41) is 6.31. The largest absolute Gasteiger partial charge is 0.378 e. The van der Waals surface area contributed by atoms with E-state index in [4.69, 9.17) is 0 Å². The Labute approximate surface area is 158 Å². The summed E-state index contributed by atoms with van der Waals surface area (Å²) in [5.41, 5.74) is 6.71. The second-order valence-electron chi connectivity index (χ2n) is 6.85. The van der Waals surface area contributed by atoms with Crippen LogP contribution in [0.4, 0.5) is 11.4 Å². The molecule has 140 valence electrons. The van der Waals surface area contributed by atoms with Gasteiger partial charge >= 0.3 is 0 Å². The number of aromatic nitrogens is 2. The third-order valence-corrected chi connectivity index (χ3v) is 4.61. The molecule has 3 rings (SSSR count). The van der Waals surface area contributed by atoms with Crippen molar-refractivity contribution in [1.29, 1.82) is 0 Å². The monoisotopic (exact) mass is 364 g/mol. The molecule has 0 fully saturated rings. The van der Waals surface area contributed by atoms with Crippen LogP contribution in [-0.2, 0) is 16.1 Å². The molecular weight excluding hydrogens is 340 g/mol. The number of pyridine rings is 1. The Hall–Kier alpha value is -3.15. The number of rotatable bonds is 6. The van der Waals surface area contributed by atoms with Crippen LogP contribution in [0.1, 0.15) is 35.7 Å². The zero-order valence-electron chi connectivity index (χ0n) is 16.1. The van der Waals surface area contributed by atoms with Crippen LogP contribution < -0.4 is 10.6 Å². The number of benzene rings is 1. The lowest BCUT2D eigenvalue weighted by Crippen LogP contribution is -2.17. The van der Waals surface area contributed by atoms with Crippen LogP contribution in [0, 0.1) is 20.8 Å². The number of aryl methyl sites for hydroxylation is 2. The molecule has 6 nitrogen and oxygen atoms in total. The smallest absolute Gasteiger partial charge is 0.231 e. The summed E-state index contributed by atoms with van der Waals surface area (Å²) in [4.78, 5) is 27.8. The molecule has 1 amide bonds. The van der Waals surface area contributed by atoms with Crippen molar-refractivity contribution in [1.82, 2.24) is 9.38 Å². The Balaban J connectivity index is 1.87. The number of hydrogen-bond donors (Lipinski definition) is 2. The first kappa shape index (κ1) is 18.6. The summed E-state index contributed by atoms with van der Waals surface area (Å²) in [7, 11) is 0. The standard InChI is InChI=1S/C21H24N4O2/c1-13-7-8-18(24-20(27)10-15(3)26)17(16(13)4)11-22-19-6-5-9-25-12-14(2)23-21(19)25/h5-9,12,22H,10-11H2,1-4H3,(H,24,27). The van der Waals surface area contributed by atoms with Gasteiger partial charge in [-0.3, -0.25) is 9.59 Å². The third kappa shape index (κ3) is 4.16. The van der Waals surface area contributed by atoms with Gasteiger partial charge in [0.15, 0.2) is 5.65 Å². The number of amides is 1. The quantitative estimate of drug-likeness (QED) is 0.653. The van der Waals surface area contributed by atoms with Gasteiger partial charge in [-0.1, -0.05) is 6.07 Å². The van der Waals surface area contributed by atoms with Gasteiger partial charge in [0.2, 0.25) is 5.91 Å². The van der Waals surface area contributed by atoms with Gasteiger partial charge in [-0.25, -0.2) is 4.98 Å². The molecule has 2 heterocycles. The molecule has 2 aromatic heterocycles. The van der Waals surface area contributed by atoms with Gasteiger partial charge in [0.05, 0.1) is 17.8 Å². The molecule has 0 saturated heterocycles. The van der Waals surface area contributed by atoms with E-state index in [0.29, 0.717) is 6.54 Å². The van der Waals surface area contributed by atoms with Crippen molar-refractivity contribution in [2.45, 2.75) is 40.7 Å². The maximum absolute atomic E-state index is 12.1. The number of nitrogens with zero attached hydrogens (tertiary/aromatic N) is 2. The van der Waals surface area contributed by atoms with E-state index in [2.05, 4.69) is 15.6 Å². The number of fused-ring (bicyclic) bond motifs is 1. The number of carbonyl (C=O) groups excluding carboxylic acids is 2. The number of carbonyl (C=O) groups is 2. The average molecular weight is 364 g/mol. The van der Waals surface area contributed by atoms with Crippen LogP contribution in [0.5, 0.6) is 0 Å². The summed E-state index contributed by atoms with van der Waals surface area (Å²) in [6, 6.07) is 7.81. The molecule has 1 aromatic carbocycles. The zero-order valence-corrected chi connectivity index (χ0v) is 16.1. The summed E-state index contributed by atoms with van der Waals surface area (Å²) in [5.74, 6) is -0.449. The minimum Gasteiger partial charge on any atom is -0.378 e. The lowest BCUT2D eigenvalue weighted by Gasteiger charge is -2.17. The Morgan fingerprint density at radius 2 is 1.89 bits per heavy atom. The van der Waals surface area contributed by atoms with Crippen LogP contribution in [-0.4, -0.2) is 21.1 Å². The highest BCUT2D eigenvalue weighted by molar-refractivity contribution is 6.03. The van der Waals surface area contributed by atoms with E-state index in [1.54, 1.807) is 0 Å². The molecule has 0 saturated carbocycles. The Bertz CT molecular complexity index is 1020. The van der Waals surface area contributed by atoms with E-state index in [1.807, 2.05) is 61.8 Å². The maximum Gasteiger partial charge on any atom is 0.231 e. The fraction of sp³-hybridized carbons (Fsp3) is 0.286. The van der Waals surface area contributed by atoms with Crippen molar-refractivity contribution in [2.75, 3.05) is 10.6 Å². The molecule has 6 heteroatoms. The van der Waals surface area contributed by atoms with E-state index in [-0.39, 0.29) is 18.1 Å². The Morgan fingerprint density at radius 3 is 2.63 bits per heavy atom. The second kappa shape index (κ2) is 7.61. The van der Waals surface area contributed by atoms with E-state index >= 15 is 0 Å². The molecule has 0 spiro atoms. The van der Waals surface area contributed by atoms with Gasteiger partial charge < -0.3 is 15.0 Å². The molecule has 0 unspecified atom stereocenters. The predicted octanol–water partition coefficient (Wildman–Crippen LogP) is 3.79. The fourth-order valence-corrected chi connectivity index (χ4v) is 3.10. The normalized spacial score (nSPS) is 10.8. The highest BCUT2D eigenvalue weighted by Gasteiger charge is 2.13. The summed E-state index contributed by atoms with van der Waals surface area (Å²) < 4.78 is 1.98. The van der Waals surface area contributed by atoms with Crippen LogP contribution in [0.2, 0.25) is 0 Å². The number of hydrogen-bond acceptors (Lipinski definition) is 4. The zero-order chi connectivity index (χ0) is 19.6. The molecule has 0 aliphatic carbocycles. The highest BCUT2D eigenvalue weighted by Crippen LogP contribution is 2.25. The summed E-state index contributed by atoms with van der Waals surface area (Å²) in [6.45, 7) is 7.99. The number of Topliss-reactive ketones (excluding diaryl/α,β-unsaturated/α-hetero) is 1. The molecule has 2 N–H and O–H groups in total. The van der Waals surface area contributed by atoms with E-state index in [9.17, 15) is 9.59 Å². The molecule has 0 atom stereocenters. The lowest BCUT2D eigenvalue weighted by atomic mass is 10.0. The molecule has 27 heavy (non-hydrogen) atoms. The molecule has 0 aliphatic rings. The molecule has 0 bridgehead atoms. The highest BCUT2D eigenvalue weighted by atomic mass is 16.2. The summed E-state index contributed by atoms with van der Waals surface area (Å²) in [6.07, 6.45) is 3.82. The first-order valence-electron chi connectivity index (χ1n) is 8.91. The lowest BCUT2D eigenvalue weighted by molar-refractivity contribution is -0.124. The van der Waals surface area contributed by atoms with E-state index < -0.39 is 0 Å². The van der Waals surface area contributed by atoms with Crippen molar-refractivity contribution in [3.05, 3.63) is 59.0 Å². The number of imidazole rings is 1. The van der Waals surface area contributed by atoms with Gasteiger partial charge in [-0.15, -0.1) is 0 Å². The van der Waals surface area contributed by atoms with Crippen molar-refractivity contribution in [3.8, 4) is 0 Å². The maximum atomic E-state index is 12.1. The van der Waals surface area contributed by atoms with Gasteiger partial charge in [0.1, 0.15) is 5.78 Å². The molecule has 0 aliphatic heterocycles. The van der Waals surface area contributed by atoms with E-state index in [0.717, 1.165) is 39.4 Å². The van der Waals surface area contributed by atoms with Crippen molar-refractivity contribution < 1.29 is 9.59 Å². The van der Waals surface area contributed by atoms with Crippen LogP contribution in [0.25, 0.3) is 5.65 Å². The topological polar surface area (TPSA) is 75.5 Å². The summed E-state index contributed by atoms with van der Waals surface area (Å²) >= 11 is 0. The fourth-order valence-electron chi connectivity index (χ4n) is 3.10. The second-order valence-corrected chi connectivity index (χ2v) is 6.85. The van der Waals surface area contributed by atoms with Gasteiger partial charge in [0, 0.05) is 24.6 Å². The number of nitrogens with one attached hydrogen (secondary N) is 2.